The summed E-state index contributed by atoms with van der Waals surface area (Å²) in [6.45, 7) is 3.70. The number of pyridine rings is 2. The molecule has 2 aromatic heterocycles. The Morgan fingerprint density at radius 3 is 2.55 bits per heavy atom. The van der Waals surface area contributed by atoms with E-state index in [0.717, 1.165) is 62.0 Å². The molecule has 0 aliphatic rings. The van der Waals surface area contributed by atoms with E-state index in [9.17, 15) is 4.79 Å². The molecule has 0 bridgehead atoms. The van der Waals surface area contributed by atoms with Crippen molar-refractivity contribution >= 4 is 41.8 Å². The highest BCUT2D eigenvalue weighted by Gasteiger charge is 2.05. The summed E-state index contributed by atoms with van der Waals surface area (Å²) in [5.74, 6) is 0.852. The molecule has 5 nitrogen and oxygen atoms in total. The van der Waals surface area contributed by atoms with Gasteiger partial charge in [0.25, 0.3) is 5.56 Å². The first kappa shape index (κ1) is 31.1. The number of nitrogens with zero attached hydrogens (tertiary/aromatic N) is 3. The number of unbranched alkanes of at least 4 members (excludes halogenated alkanes) is 2. The van der Waals surface area contributed by atoms with Gasteiger partial charge in [-0.3, -0.25) is 14.7 Å². The van der Waals surface area contributed by atoms with E-state index < -0.39 is 0 Å². The van der Waals surface area contributed by atoms with Crippen LogP contribution in [0, 0.1) is 0 Å². The van der Waals surface area contributed by atoms with Crippen LogP contribution in [0.2, 0.25) is 0 Å². The lowest BCUT2D eigenvalue weighted by atomic mass is 10.1. The standard InChI is InChI=1S/C31H35N3O2.2ClH/c1-33-30-16-15-29(24-28(30)14-17-31(33)35)36-23-7-3-6-20-34(22-18-27-12-8-19-32-25-27)21-9-13-26-10-4-2-5-11-26;;/h2,4-5,8-17,19,24-25H,3,6-7,18,20-23H2,1H3;2*1H. The molecule has 0 amide bonds. The first-order valence-corrected chi connectivity index (χ1v) is 12.7. The van der Waals surface area contributed by atoms with Gasteiger partial charge in [0, 0.05) is 44.0 Å². The number of hydrogen-bond donors (Lipinski definition) is 0. The van der Waals surface area contributed by atoms with Gasteiger partial charge in [0.05, 0.1) is 12.1 Å². The topological polar surface area (TPSA) is 47.4 Å². The summed E-state index contributed by atoms with van der Waals surface area (Å²) in [5.41, 5.74) is 3.43. The highest BCUT2D eigenvalue weighted by atomic mass is 35.5. The summed E-state index contributed by atoms with van der Waals surface area (Å²) >= 11 is 0. The maximum Gasteiger partial charge on any atom is 0.250 e. The summed E-state index contributed by atoms with van der Waals surface area (Å²) < 4.78 is 7.65. The van der Waals surface area contributed by atoms with Gasteiger partial charge < -0.3 is 9.30 Å². The number of hydrogen-bond acceptors (Lipinski definition) is 4. The highest BCUT2D eigenvalue weighted by molar-refractivity contribution is 5.85. The molecule has 0 aliphatic heterocycles. The Bertz CT molecular complexity index is 1310. The second kappa shape index (κ2) is 16.7. The maximum absolute atomic E-state index is 11.8. The minimum Gasteiger partial charge on any atom is -0.494 e. The second-order valence-corrected chi connectivity index (χ2v) is 9.09. The Hall–Kier alpha value is -3.12. The van der Waals surface area contributed by atoms with E-state index in [2.05, 4.69) is 52.4 Å². The van der Waals surface area contributed by atoms with Crippen LogP contribution < -0.4 is 10.3 Å². The molecule has 0 N–H and O–H groups in total. The summed E-state index contributed by atoms with van der Waals surface area (Å²) in [6.07, 6.45) is 12.5. The van der Waals surface area contributed by atoms with E-state index in [1.165, 1.54) is 11.1 Å². The molecule has 0 radical (unpaired) electrons. The summed E-state index contributed by atoms with van der Waals surface area (Å²) in [6, 6.07) is 24.0. The minimum atomic E-state index is 0. The zero-order valence-corrected chi connectivity index (χ0v) is 23.5. The van der Waals surface area contributed by atoms with E-state index in [4.69, 9.17) is 4.74 Å². The monoisotopic (exact) mass is 553 g/mol. The molecule has 0 spiro atoms. The minimum absolute atomic E-state index is 0. The fraction of sp³-hybridized carbons (Fsp3) is 0.290. The van der Waals surface area contributed by atoms with Crippen molar-refractivity contribution in [2.45, 2.75) is 25.7 Å². The van der Waals surface area contributed by atoms with Crippen LogP contribution in [0.3, 0.4) is 0 Å². The van der Waals surface area contributed by atoms with Crippen molar-refractivity contribution in [3.8, 4) is 5.75 Å². The van der Waals surface area contributed by atoms with Gasteiger partial charge in [-0.15, -0.1) is 24.8 Å². The van der Waals surface area contributed by atoms with Crippen molar-refractivity contribution in [3.05, 3.63) is 113 Å². The maximum atomic E-state index is 11.8. The van der Waals surface area contributed by atoms with E-state index in [-0.39, 0.29) is 30.4 Å². The predicted molar refractivity (Wildman–Crippen MR) is 163 cm³/mol. The molecule has 0 aliphatic carbocycles. The second-order valence-electron chi connectivity index (χ2n) is 9.09. The Kier molecular flexibility index (Phi) is 13.6. The fourth-order valence-electron chi connectivity index (χ4n) is 4.29. The van der Waals surface area contributed by atoms with E-state index in [0.29, 0.717) is 6.61 Å². The normalized spacial score (nSPS) is 10.9. The number of aryl methyl sites for hydroxylation is 1. The van der Waals surface area contributed by atoms with Gasteiger partial charge in [0.2, 0.25) is 0 Å². The van der Waals surface area contributed by atoms with E-state index in [1.807, 2.05) is 48.8 Å². The van der Waals surface area contributed by atoms with Crippen LogP contribution in [0.25, 0.3) is 17.0 Å². The van der Waals surface area contributed by atoms with E-state index >= 15 is 0 Å². The van der Waals surface area contributed by atoms with Crippen LogP contribution in [0.5, 0.6) is 5.75 Å². The third-order valence-electron chi connectivity index (χ3n) is 6.40. The van der Waals surface area contributed by atoms with Gasteiger partial charge >= 0.3 is 0 Å². The predicted octanol–water partition coefficient (Wildman–Crippen LogP) is 6.58. The SMILES string of the molecule is Cl.Cl.Cn1c(=O)ccc2cc(OCCCCCN(CC=Cc3ccccc3)CCc3cccnc3)ccc21. The Morgan fingerprint density at radius 1 is 0.921 bits per heavy atom. The molecule has 0 atom stereocenters. The van der Waals surface area contributed by atoms with Gasteiger partial charge in [0.15, 0.2) is 0 Å². The highest BCUT2D eigenvalue weighted by Crippen LogP contribution is 2.19. The summed E-state index contributed by atoms with van der Waals surface area (Å²) in [5, 5.41) is 1.02. The van der Waals surface area contributed by atoms with Crippen LogP contribution in [-0.4, -0.2) is 40.7 Å². The van der Waals surface area contributed by atoms with Crippen LogP contribution >= 0.6 is 24.8 Å². The molecule has 202 valence electrons. The lowest BCUT2D eigenvalue weighted by molar-refractivity contribution is 0.279. The number of fused-ring (bicyclic) bond motifs is 1. The fourth-order valence-corrected chi connectivity index (χ4v) is 4.29. The van der Waals surface area contributed by atoms with Gasteiger partial charge in [-0.05, 0) is 73.7 Å². The smallest absolute Gasteiger partial charge is 0.250 e. The van der Waals surface area contributed by atoms with Crippen LogP contribution in [0.1, 0.15) is 30.4 Å². The number of ether oxygens (including phenoxy) is 1. The van der Waals surface area contributed by atoms with Crippen molar-refractivity contribution in [2.75, 3.05) is 26.2 Å². The Balaban J connectivity index is 0.00000253. The number of rotatable bonds is 13. The summed E-state index contributed by atoms with van der Waals surface area (Å²) in [4.78, 5) is 18.6. The first-order chi connectivity index (χ1) is 17.7. The van der Waals surface area contributed by atoms with Crippen molar-refractivity contribution in [1.82, 2.24) is 14.5 Å². The largest absolute Gasteiger partial charge is 0.494 e. The molecule has 7 heteroatoms. The van der Waals surface area contributed by atoms with Gasteiger partial charge in [-0.1, -0.05) is 48.6 Å². The van der Waals surface area contributed by atoms with Gasteiger partial charge in [-0.25, -0.2) is 0 Å². The molecule has 38 heavy (non-hydrogen) atoms. The molecular formula is C31H37Cl2N3O2. The first-order valence-electron chi connectivity index (χ1n) is 12.7. The molecule has 4 aromatic rings. The van der Waals surface area contributed by atoms with Crippen molar-refractivity contribution in [2.24, 2.45) is 7.05 Å². The summed E-state index contributed by atoms with van der Waals surface area (Å²) in [7, 11) is 1.79. The lowest BCUT2D eigenvalue weighted by Gasteiger charge is -2.20. The van der Waals surface area contributed by atoms with Crippen LogP contribution in [0.4, 0.5) is 0 Å². The average Bonchev–Trinajstić information content (AvgIpc) is 2.92. The number of benzene rings is 2. The quantitative estimate of drug-likeness (QED) is 0.175. The molecular weight excluding hydrogens is 517 g/mol. The lowest BCUT2D eigenvalue weighted by Crippen LogP contribution is -2.27. The zero-order valence-electron chi connectivity index (χ0n) is 21.9. The van der Waals surface area contributed by atoms with Crippen molar-refractivity contribution < 1.29 is 4.74 Å². The molecule has 0 saturated heterocycles. The zero-order chi connectivity index (χ0) is 25.0. The Labute approximate surface area is 238 Å². The van der Waals surface area contributed by atoms with Crippen molar-refractivity contribution in [1.29, 1.82) is 0 Å². The third-order valence-corrected chi connectivity index (χ3v) is 6.40. The Morgan fingerprint density at radius 2 is 1.76 bits per heavy atom. The van der Waals surface area contributed by atoms with E-state index in [1.54, 1.807) is 17.7 Å². The molecule has 0 unspecified atom stereocenters. The molecule has 0 saturated carbocycles. The molecule has 4 rings (SSSR count). The van der Waals surface area contributed by atoms with Gasteiger partial charge in [-0.2, -0.15) is 0 Å². The number of halogens is 2. The number of aromatic nitrogens is 2. The molecule has 0 fully saturated rings. The van der Waals surface area contributed by atoms with Gasteiger partial charge in [0.1, 0.15) is 5.75 Å². The van der Waals surface area contributed by atoms with Crippen LogP contribution in [-0.2, 0) is 13.5 Å². The molecule has 2 heterocycles. The van der Waals surface area contributed by atoms with Crippen LogP contribution in [0.15, 0.2) is 96.1 Å². The molecule has 2 aromatic carbocycles. The third kappa shape index (κ3) is 9.64. The van der Waals surface area contributed by atoms with Crippen molar-refractivity contribution in [3.63, 3.8) is 0 Å². The average molecular weight is 555 g/mol.